The molecule has 0 saturated carbocycles. The minimum Gasteiger partial charge on any atom is -0.466 e. The van der Waals surface area contributed by atoms with Gasteiger partial charge >= 0.3 is 0 Å². The summed E-state index contributed by atoms with van der Waals surface area (Å²) < 4.78 is 5.45. The fourth-order valence-electron chi connectivity index (χ4n) is 1.92. The van der Waals surface area contributed by atoms with E-state index in [0.717, 1.165) is 17.0 Å². The molecule has 2 rings (SSSR count). The van der Waals surface area contributed by atoms with Gasteiger partial charge in [-0.25, -0.2) is 4.98 Å². The van der Waals surface area contributed by atoms with Crippen LogP contribution < -0.4 is 5.32 Å². The average molecular weight is 244 g/mol. The molecule has 0 fully saturated rings. The van der Waals surface area contributed by atoms with Gasteiger partial charge in [-0.05, 0) is 39.8 Å². The maximum Gasteiger partial charge on any atom is 0.260 e. The van der Waals surface area contributed by atoms with Gasteiger partial charge in [0, 0.05) is 11.3 Å². The summed E-state index contributed by atoms with van der Waals surface area (Å²) in [5, 5.41) is 2.78. The number of aromatic nitrogens is 1. The maximum atomic E-state index is 12.2. The molecule has 0 bridgehead atoms. The number of aryl methyl sites for hydroxylation is 3. The second-order valence-corrected chi connectivity index (χ2v) is 4.33. The predicted molar refractivity (Wildman–Crippen MR) is 69.8 cm³/mol. The molecule has 0 aromatic carbocycles. The van der Waals surface area contributed by atoms with Gasteiger partial charge in [-0.1, -0.05) is 6.07 Å². The zero-order valence-electron chi connectivity index (χ0n) is 11.0. The molecule has 0 radical (unpaired) electrons. The molecular formula is C14H16N2O2. The Bertz CT molecular complexity index is 600. The number of nitrogens with one attached hydrogen (secondary N) is 1. The summed E-state index contributed by atoms with van der Waals surface area (Å²) in [6.45, 7) is 7.40. The van der Waals surface area contributed by atoms with Gasteiger partial charge in [-0.2, -0.15) is 0 Å². The largest absolute Gasteiger partial charge is 0.466 e. The lowest BCUT2D eigenvalue weighted by atomic mass is 10.1. The lowest BCUT2D eigenvalue weighted by molar-refractivity contribution is 0.102. The van der Waals surface area contributed by atoms with Gasteiger partial charge in [0.1, 0.15) is 17.3 Å². The first-order valence-corrected chi connectivity index (χ1v) is 5.80. The number of carbonyl (C=O) groups is 1. The number of nitrogens with zero attached hydrogens (tertiary/aromatic N) is 1. The van der Waals surface area contributed by atoms with Crippen molar-refractivity contribution in [2.24, 2.45) is 0 Å². The van der Waals surface area contributed by atoms with Crippen LogP contribution in [0.5, 0.6) is 0 Å². The topological polar surface area (TPSA) is 55.1 Å². The van der Waals surface area contributed by atoms with Gasteiger partial charge in [0.05, 0.1) is 5.56 Å². The standard InChI is InChI=1S/C14H16N2O2/c1-8-6-5-7-12(15-8)16-14(17)13-9(2)10(3)18-11(13)4/h5-7H,1-4H3,(H,15,16,17). The molecule has 0 saturated heterocycles. The molecule has 0 aliphatic rings. The van der Waals surface area contributed by atoms with Crippen LogP contribution in [0.2, 0.25) is 0 Å². The summed E-state index contributed by atoms with van der Waals surface area (Å²) in [5.74, 6) is 1.78. The summed E-state index contributed by atoms with van der Waals surface area (Å²) in [4.78, 5) is 16.4. The monoisotopic (exact) mass is 244 g/mol. The molecule has 0 unspecified atom stereocenters. The number of anilines is 1. The van der Waals surface area contributed by atoms with E-state index < -0.39 is 0 Å². The van der Waals surface area contributed by atoms with Gasteiger partial charge in [-0.3, -0.25) is 4.79 Å². The lowest BCUT2D eigenvalue weighted by Gasteiger charge is -2.05. The van der Waals surface area contributed by atoms with E-state index in [4.69, 9.17) is 4.42 Å². The molecule has 1 amide bonds. The van der Waals surface area contributed by atoms with Crippen molar-refractivity contribution in [3.63, 3.8) is 0 Å². The Morgan fingerprint density at radius 1 is 1.17 bits per heavy atom. The van der Waals surface area contributed by atoms with E-state index in [1.54, 1.807) is 13.0 Å². The van der Waals surface area contributed by atoms with Gasteiger partial charge < -0.3 is 9.73 Å². The molecule has 0 spiro atoms. The third kappa shape index (κ3) is 2.27. The van der Waals surface area contributed by atoms with Crippen molar-refractivity contribution < 1.29 is 9.21 Å². The maximum absolute atomic E-state index is 12.2. The lowest BCUT2D eigenvalue weighted by Crippen LogP contribution is -2.14. The van der Waals surface area contributed by atoms with Crippen LogP contribution >= 0.6 is 0 Å². The van der Waals surface area contributed by atoms with Gasteiger partial charge in [0.2, 0.25) is 0 Å². The van der Waals surface area contributed by atoms with Crippen molar-refractivity contribution in [3.05, 3.63) is 46.5 Å². The molecule has 2 aromatic heterocycles. The normalized spacial score (nSPS) is 10.4. The highest BCUT2D eigenvalue weighted by Gasteiger charge is 2.18. The third-order valence-corrected chi connectivity index (χ3v) is 2.92. The van der Waals surface area contributed by atoms with Crippen LogP contribution in [0.1, 0.15) is 33.1 Å². The summed E-state index contributed by atoms with van der Waals surface area (Å²) in [6, 6.07) is 5.51. The van der Waals surface area contributed by atoms with Crippen LogP contribution in [0, 0.1) is 27.7 Å². The zero-order chi connectivity index (χ0) is 13.3. The molecule has 94 valence electrons. The number of carbonyl (C=O) groups excluding carboxylic acids is 1. The first-order chi connectivity index (χ1) is 8.49. The summed E-state index contributed by atoms with van der Waals surface area (Å²) in [7, 11) is 0. The molecule has 2 aromatic rings. The Kier molecular flexibility index (Phi) is 3.19. The van der Waals surface area contributed by atoms with Crippen LogP contribution in [-0.2, 0) is 0 Å². The molecule has 0 aliphatic heterocycles. The van der Waals surface area contributed by atoms with Crippen LogP contribution in [0.25, 0.3) is 0 Å². The third-order valence-electron chi connectivity index (χ3n) is 2.92. The number of furan rings is 1. The Morgan fingerprint density at radius 2 is 1.89 bits per heavy atom. The SMILES string of the molecule is Cc1cccc(NC(=O)c2c(C)oc(C)c2C)n1. The quantitative estimate of drug-likeness (QED) is 0.882. The highest BCUT2D eigenvalue weighted by Crippen LogP contribution is 2.21. The summed E-state index contributed by atoms with van der Waals surface area (Å²) in [6.07, 6.45) is 0. The number of hydrogen-bond acceptors (Lipinski definition) is 3. The predicted octanol–water partition coefficient (Wildman–Crippen LogP) is 3.16. The van der Waals surface area contributed by atoms with Crippen molar-refractivity contribution in [2.45, 2.75) is 27.7 Å². The van der Waals surface area contributed by atoms with E-state index >= 15 is 0 Å². The van der Waals surface area contributed by atoms with E-state index in [0.29, 0.717) is 17.1 Å². The minimum absolute atomic E-state index is 0.181. The number of rotatable bonds is 2. The van der Waals surface area contributed by atoms with Gasteiger partial charge in [-0.15, -0.1) is 0 Å². The smallest absolute Gasteiger partial charge is 0.260 e. The Morgan fingerprint density at radius 3 is 2.44 bits per heavy atom. The molecule has 18 heavy (non-hydrogen) atoms. The van der Waals surface area contributed by atoms with E-state index in [1.165, 1.54) is 0 Å². The van der Waals surface area contributed by atoms with Crippen LogP contribution in [-0.4, -0.2) is 10.9 Å². The van der Waals surface area contributed by atoms with Crippen molar-refractivity contribution in [1.82, 2.24) is 4.98 Å². The molecule has 2 heterocycles. The molecular weight excluding hydrogens is 228 g/mol. The fourth-order valence-corrected chi connectivity index (χ4v) is 1.92. The second kappa shape index (κ2) is 4.64. The van der Waals surface area contributed by atoms with E-state index in [2.05, 4.69) is 10.3 Å². The highest BCUT2D eigenvalue weighted by atomic mass is 16.3. The van der Waals surface area contributed by atoms with Crippen molar-refractivity contribution in [2.75, 3.05) is 5.32 Å². The van der Waals surface area contributed by atoms with Crippen LogP contribution in [0.4, 0.5) is 5.82 Å². The Hall–Kier alpha value is -2.10. The van der Waals surface area contributed by atoms with E-state index in [-0.39, 0.29) is 5.91 Å². The first-order valence-electron chi connectivity index (χ1n) is 5.80. The molecule has 1 N–H and O–H groups in total. The summed E-state index contributed by atoms with van der Waals surface area (Å²) >= 11 is 0. The molecule has 4 nitrogen and oxygen atoms in total. The molecule has 4 heteroatoms. The molecule has 0 atom stereocenters. The molecule has 0 aliphatic carbocycles. The Labute approximate surface area is 106 Å². The van der Waals surface area contributed by atoms with Crippen molar-refractivity contribution in [1.29, 1.82) is 0 Å². The fraction of sp³-hybridized carbons (Fsp3) is 0.286. The zero-order valence-corrected chi connectivity index (χ0v) is 11.0. The van der Waals surface area contributed by atoms with E-state index in [9.17, 15) is 4.79 Å². The van der Waals surface area contributed by atoms with Gasteiger partial charge in [0.15, 0.2) is 0 Å². The number of amides is 1. The van der Waals surface area contributed by atoms with E-state index in [1.807, 2.05) is 32.9 Å². The Balaban J connectivity index is 2.27. The van der Waals surface area contributed by atoms with Gasteiger partial charge in [0.25, 0.3) is 5.91 Å². The van der Waals surface area contributed by atoms with Crippen molar-refractivity contribution in [3.8, 4) is 0 Å². The average Bonchev–Trinajstić information content (AvgIpc) is 2.53. The minimum atomic E-state index is -0.181. The highest BCUT2D eigenvalue weighted by molar-refractivity contribution is 6.05. The van der Waals surface area contributed by atoms with Crippen LogP contribution in [0.15, 0.2) is 22.6 Å². The second-order valence-electron chi connectivity index (χ2n) is 4.33. The number of pyridine rings is 1. The first kappa shape index (κ1) is 12.4. The van der Waals surface area contributed by atoms with Crippen molar-refractivity contribution >= 4 is 11.7 Å². The number of hydrogen-bond donors (Lipinski definition) is 1. The van der Waals surface area contributed by atoms with Crippen LogP contribution in [0.3, 0.4) is 0 Å². The summed E-state index contributed by atoms with van der Waals surface area (Å²) in [5.41, 5.74) is 2.33.